The molecule has 1 saturated carbocycles. The molecule has 0 unspecified atom stereocenters. The van der Waals surface area contributed by atoms with Crippen molar-refractivity contribution in [2.75, 3.05) is 5.32 Å². The van der Waals surface area contributed by atoms with Gasteiger partial charge in [-0.15, -0.1) is 13.2 Å². The van der Waals surface area contributed by atoms with Gasteiger partial charge in [-0.2, -0.15) is 0 Å². The number of carbonyl (C=O) groups excluding carboxylic acids is 1. The lowest BCUT2D eigenvalue weighted by Gasteiger charge is -2.17. The Morgan fingerprint density at radius 2 is 2.05 bits per heavy atom. The fourth-order valence-electron chi connectivity index (χ4n) is 1.76. The summed E-state index contributed by atoms with van der Waals surface area (Å²) >= 11 is 7.87. The summed E-state index contributed by atoms with van der Waals surface area (Å²) in [6.07, 6.45) is -3.89. The van der Waals surface area contributed by atoms with Crippen LogP contribution in [-0.2, 0) is 4.79 Å². The van der Waals surface area contributed by atoms with Gasteiger partial charge in [-0.25, -0.2) is 0 Å². The third kappa shape index (κ3) is 3.65. The number of rotatable bonds is 4. The van der Waals surface area contributed by atoms with E-state index in [1.165, 1.54) is 12.1 Å². The normalized spacial score (nSPS) is 16.2. The number of hydrogen-bond donors (Lipinski definition) is 2. The predicted octanol–water partition coefficient (Wildman–Crippen LogP) is 3.35. The maximum Gasteiger partial charge on any atom is 0.573 e. The zero-order chi connectivity index (χ0) is 15.8. The molecule has 9 heteroatoms. The van der Waals surface area contributed by atoms with Crippen LogP contribution >= 0.6 is 28.1 Å². The lowest BCUT2D eigenvalue weighted by atomic mass is 10.1. The van der Waals surface area contributed by atoms with Gasteiger partial charge in [-0.3, -0.25) is 4.79 Å². The van der Waals surface area contributed by atoms with Gasteiger partial charge >= 0.3 is 6.36 Å². The molecule has 1 aromatic carbocycles. The highest BCUT2D eigenvalue weighted by Crippen LogP contribution is 2.47. The summed E-state index contributed by atoms with van der Waals surface area (Å²) in [5, 5.41) is 2.39. The summed E-state index contributed by atoms with van der Waals surface area (Å²) in [4.78, 5) is 12.2. The molecule has 0 saturated heterocycles. The molecule has 2 rings (SSSR count). The zero-order valence-corrected chi connectivity index (χ0v) is 12.9. The van der Waals surface area contributed by atoms with E-state index in [4.69, 9.17) is 18.0 Å². The maximum atomic E-state index is 12.4. The third-order valence-electron chi connectivity index (χ3n) is 3.07. The molecular formula is C12H10BrF3N2O2S. The zero-order valence-electron chi connectivity index (χ0n) is 10.5. The second-order valence-corrected chi connectivity index (χ2v) is 5.94. The maximum absolute atomic E-state index is 12.4. The van der Waals surface area contributed by atoms with E-state index in [2.05, 4.69) is 26.0 Å². The third-order valence-corrected chi connectivity index (χ3v) is 3.96. The summed E-state index contributed by atoms with van der Waals surface area (Å²) in [5.74, 6) is -1.03. The first-order valence-corrected chi connectivity index (χ1v) is 7.01. The van der Waals surface area contributed by atoms with Crippen molar-refractivity contribution in [2.24, 2.45) is 11.1 Å². The van der Waals surface area contributed by atoms with E-state index in [1.54, 1.807) is 0 Å². The molecule has 1 aliphatic rings. The molecule has 0 bridgehead atoms. The van der Waals surface area contributed by atoms with E-state index >= 15 is 0 Å². The van der Waals surface area contributed by atoms with Crippen molar-refractivity contribution in [1.29, 1.82) is 0 Å². The van der Waals surface area contributed by atoms with E-state index in [0.29, 0.717) is 17.3 Å². The monoisotopic (exact) mass is 382 g/mol. The topological polar surface area (TPSA) is 64.4 Å². The first-order valence-electron chi connectivity index (χ1n) is 5.81. The molecule has 0 atom stereocenters. The number of halogens is 4. The van der Waals surface area contributed by atoms with Gasteiger partial charge in [0, 0.05) is 4.47 Å². The van der Waals surface area contributed by atoms with Crippen molar-refractivity contribution >= 4 is 44.7 Å². The van der Waals surface area contributed by atoms with Crippen LogP contribution in [0.15, 0.2) is 22.7 Å². The number of hydrogen-bond acceptors (Lipinski definition) is 3. The Labute approximate surface area is 132 Å². The van der Waals surface area contributed by atoms with Crippen LogP contribution in [0.1, 0.15) is 12.8 Å². The van der Waals surface area contributed by atoms with Gasteiger partial charge in [-0.05, 0) is 31.0 Å². The molecule has 0 heterocycles. The molecule has 1 amide bonds. The minimum absolute atomic E-state index is 0.0374. The Morgan fingerprint density at radius 1 is 1.43 bits per heavy atom. The van der Waals surface area contributed by atoms with Crippen molar-refractivity contribution in [1.82, 2.24) is 0 Å². The van der Waals surface area contributed by atoms with Gasteiger partial charge in [-0.1, -0.05) is 28.1 Å². The van der Waals surface area contributed by atoms with Crippen LogP contribution < -0.4 is 15.8 Å². The van der Waals surface area contributed by atoms with Gasteiger partial charge in [0.1, 0.15) is 0 Å². The minimum atomic E-state index is -4.86. The van der Waals surface area contributed by atoms with E-state index < -0.39 is 23.4 Å². The SMILES string of the molecule is NC(=S)C1(C(=O)Nc2ccc(Br)cc2OC(F)(F)F)CC1. The summed E-state index contributed by atoms with van der Waals surface area (Å²) in [6, 6.07) is 3.90. The van der Waals surface area contributed by atoms with E-state index in [0.717, 1.165) is 6.07 Å². The summed E-state index contributed by atoms with van der Waals surface area (Å²) in [6.45, 7) is 0. The minimum Gasteiger partial charge on any atom is -0.404 e. The van der Waals surface area contributed by atoms with Crippen LogP contribution in [0.3, 0.4) is 0 Å². The molecule has 0 radical (unpaired) electrons. The van der Waals surface area contributed by atoms with Crippen LogP contribution in [-0.4, -0.2) is 17.3 Å². The first kappa shape index (κ1) is 16.0. The van der Waals surface area contributed by atoms with E-state index in [9.17, 15) is 18.0 Å². The van der Waals surface area contributed by atoms with Crippen LogP contribution in [0.2, 0.25) is 0 Å². The molecule has 0 aromatic heterocycles. The summed E-state index contributed by atoms with van der Waals surface area (Å²) in [7, 11) is 0. The van der Waals surface area contributed by atoms with Crippen LogP contribution in [0, 0.1) is 5.41 Å². The molecule has 114 valence electrons. The average Bonchev–Trinajstić information content (AvgIpc) is 3.11. The Bertz CT molecular complexity index is 603. The second kappa shape index (κ2) is 5.45. The lowest BCUT2D eigenvalue weighted by Crippen LogP contribution is -2.35. The Morgan fingerprint density at radius 3 is 2.52 bits per heavy atom. The van der Waals surface area contributed by atoms with Crippen LogP contribution in [0.25, 0.3) is 0 Å². The fourth-order valence-corrected chi connectivity index (χ4v) is 2.40. The molecule has 4 nitrogen and oxygen atoms in total. The summed E-state index contributed by atoms with van der Waals surface area (Å²) < 4.78 is 41.4. The largest absolute Gasteiger partial charge is 0.573 e. The molecule has 1 fully saturated rings. The molecular weight excluding hydrogens is 373 g/mol. The highest BCUT2D eigenvalue weighted by molar-refractivity contribution is 9.10. The smallest absolute Gasteiger partial charge is 0.404 e. The molecule has 0 spiro atoms. The van der Waals surface area contributed by atoms with Gasteiger partial charge < -0.3 is 15.8 Å². The number of benzene rings is 1. The average molecular weight is 383 g/mol. The lowest BCUT2D eigenvalue weighted by molar-refractivity contribution is -0.274. The first-order chi connectivity index (χ1) is 9.64. The number of thiocarbonyl (C=S) groups is 1. The van der Waals surface area contributed by atoms with Crippen LogP contribution in [0.5, 0.6) is 5.75 Å². The number of nitrogens with two attached hydrogens (primary N) is 1. The standard InChI is InChI=1S/C12H10BrF3N2O2S/c13-6-1-2-7(8(5-6)20-12(14,15)16)18-10(19)11(3-4-11)9(17)21/h1-2,5H,3-4H2,(H2,17,21)(H,18,19). The van der Waals surface area contributed by atoms with Crippen molar-refractivity contribution in [2.45, 2.75) is 19.2 Å². The highest BCUT2D eigenvalue weighted by atomic mass is 79.9. The van der Waals surface area contributed by atoms with Gasteiger partial charge in [0.15, 0.2) is 5.75 Å². The molecule has 21 heavy (non-hydrogen) atoms. The van der Waals surface area contributed by atoms with Crippen molar-refractivity contribution < 1.29 is 22.7 Å². The predicted molar refractivity (Wildman–Crippen MR) is 77.9 cm³/mol. The highest BCUT2D eigenvalue weighted by Gasteiger charge is 2.53. The van der Waals surface area contributed by atoms with Gasteiger partial charge in [0.2, 0.25) is 5.91 Å². The number of alkyl halides is 3. The molecule has 1 aromatic rings. The molecule has 0 aliphatic heterocycles. The number of anilines is 1. The van der Waals surface area contributed by atoms with Crippen molar-refractivity contribution in [3.63, 3.8) is 0 Å². The quantitative estimate of drug-likeness (QED) is 0.783. The van der Waals surface area contributed by atoms with Crippen LogP contribution in [0.4, 0.5) is 18.9 Å². The fraction of sp³-hybridized carbons (Fsp3) is 0.333. The summed E-state index contributed by atoms with van der Waals surface area (Å²) in [5.41, 5.74) is 4.45. The van der Waals surface area contributed by atoms with Crippen molar-refractivity contribution in [3.05, 3.63) is 22.7 Å². The number of carbonyl (C=O) groups is 1. The van der Waals surface area contributed by atoms with Gasteiger partial charge in [0.25, 0.3) is 0 Å². The number of nitrogens with one attached hydrogen (secondary N) is 1. The van der Waals surface area contributed by atoms with E-state index in [1.807, 2.05) is 0 Å². The molecule has 1 aliphatic carbocycles. The Hall–Kier alpha value is -1.35. The second-order valence-electron chi connectivity index (χ2n) is 4.59. The van der Waals surface area contributed by atoms with Crippen molar-refractivity contribution in [3.8, 4) is 5.75 Å². The Kier molecular flexibility index (Phi) is 4.16. The van der Waals surface area contributed by atoms with Gasteiger partial charge in [0.05, 0.1) is 16.1 Å². The molecule has 3 N–H and O–H groups in total. The number of ether oxygens (including phenoxy) is 1. The van der Waals surface area contributed by atoms with E-state index in [-0.39, 0.29) is 10.7 Å². The Balaban J connectivity index is 2.24. The number of amides is 1.